The SMILES string of the molecule is O=Cc1ccccc1-c1ccc(N2CCOCC2)nc1. The van der Waals surface area contributed by atoms with Crippen molar-refractivity contribution in [3.63, 3.8) is 0 Å². The molecule has 0 N–H and O–H groups in total. The van der Waals surface area contributed by atoms with Crippen molar-refractivity contribution in [2.45, 2.75) is 0 Å². The average Bonchev–Trinajstić information content (AvgIpc) is 2.56. The Morgan fingerprint density at radius 3 is 2.60 bits per heavy atom. The number of morpholine rings is 1. The molecular formula is C16H16N2O2. The first-order valence-corrected chi connectivity index (χ1v) is 6.72. The van der Waals surface area contributed by atoms with Crippen LogP contribution in [0.5, 0.6) is 0 Å². The number of aldehydes is 1. The molecule has 0 atom stereocenters. The van der Waals surface area contributed by atoms with Crippen molar-refractivity contribution in [3.05, 3.63) is 48.2 Å². The molecule has 0 saturated carbocycles. The molecule has 0 aliphatic carbocycles. The highest BCUT2D eigenvalue weighted by Crippen LogP contribution is 2.23. The van der Waals surface area contributed by atoms with Gasteiger partial charge in [0.15, 0.2) is 6.29 Å². The molecule has 102 valence electrons. The van der Waals surface area contributed by atoms with Crippen molar-refractivity contribution in [2.24, 2.45) is 0 Å². The van der Waals surface area contributed by atoms with Gasteiger partial charge < -0.3 is 9.64 Å². The van der Waals surface area contributed by atoms with Crippen molar-refractivity contribution in [3.8, 4) is 11.1 Å². The highest BCUT2D eigenvalue weighted by atomic mass is 16.5. The van der Waals surface area contributed by atoms with E-state index < -0.39 is 0 Å². The summed E-state index contributed by atoms with van der Waals surface area (Å²) in [6, 6.07) is 11.6. The normalized spacial score (nSPS) is 15.1. The molecule has 0 spiro atoms. The third-order valence-electron chi connectivity index (χ3n) is 3.48. The van der Waals surface area contributed by atoms with Crippen LogP contribution in [0.15, 0.2) is 42.6 Å². The van der Waals surface area contributed by atoms with E-state index >= 15 is 0 Å². The number of pyridine rings is 1. The maximum absolute atomic E-state index is 11.1. The lowest BCUT2D eigenvalue weighted by molar-refractivity contribution is 0.112. The van der Waals surface area contributed by atoms with Crippen LogP contribution in [0.4, 0.5) is 5.82 Å². The lowest BCUT2D eigenvalue weighted by atomic mass is 10.0. The lowest BCUT2D eigenvalue weighted by Crippen LogP contribution is -2.36. The molecule has 1 aromatic carbocycles. The quantitative estimate of drug-likeness (QED) is 0.802. The molecule has 20 heavy (non-hydrogen) atoms. The number of hydrogen-bond acceptors (Lipinski definition) is 4. The van der Waals surface area contributed by atoms with Crippen molar-refractivity contribution < 1.29 is 9.53 Å². The van der Waals surface area contributed by atoms with E-state index in [1.54, 1.807) is 0 Å². The third kappa shape index (κ3) is 2.56. The first-order valence-electron chi connectivity index (χ1n) is 6.72. The second-order valence-electron chi connectivity index (χ2n) is 4.71. The number of hydrogen-bond donors (Lipinski definition) is 0. The lowest BCUT2D eigenvalue weighted by Gasteiger charge is -2.27. The fraction of sp³-hybridized carbons (Fsp3) is 0.250. The summed E-state index contributed by atoms with van der Waals surface area (Å²) in [6.45, 7) is 3.24. The fourth-order valence-electron chi connectivity index (χ4n) is 2.39. The largest absolute Gasteiger partial charge is 0.378 e. The highest BCUT2D eigenvalue weighted by Gasteiger charge is 2.12. The summed E-state index contributed by atoms with van der Waals surface area (Å²) < 4.78 is 5.34. The topological polar surface area (TPSA) is 42.4 Å². The van der Waals surface area contributed by atoms with Gasteiger partial charge >= 0.3 is 0 Å². The van der Waals surface area contributed by atoms with Gasteiger partial charge in [0.05, 0.1) is 13.2 Å². The second kappa shape index (κ2) is 5.84. The molecule has 2 aromatic rings. The van der Waals surface area contributed by atoms with Crippen LogP contribution in [0.25, 0.3) is 11.1 Å². The number of ether oxygens (including phenoxy) is 1. The molecule has 1 aliphatic rings. The monoisotopic (exact) mass is 268 g/mol. The van der Waals surface area contributed by atoms with Crippen LogP contribution in [-0.2, 0) is 4.74 Å². The van der Waals surface area contributed by atoms with Crippen LogP contribution in [0.2, 0.25) is 0 Å². The molecule has 0 radical (unpaired) electrons. The van der Waals surface area contributed by atoms with Crippen LogP contribution in [-0.4, -0.2) is 37.6 Å². The minimum absolute atomic E-state index is 0.688. The highest BCUT2D eigenvalue weighted by molar-refractivity contribution is 5.87. The van der Waals surface area contributed by atoms with Crippen molar-refractivity contribution in [2.75, 3.05) is 31.2 Å². The Balaban J connectivity index is 1.87. The average molecular weight is 268 g/mol. The molecule has 1 saturated heterocycles. The summed E-state index contributed by atoms with van der Waals surface area (Å²) in [4.78, 5) is 17.8. The Kier molecular flexibility index (Phi) is 3.74. The number of carbonyl (C=O) groups excluding carboxylic acids is 1. The van der Waals surface area contributed by atoms with Crippen LogP contribution >= 0.6 is 0 Å². The van der Waals surface area contributed by atoms with Gasteiger partial charge in [-0.15, -0.1) is 0 Å². The molecule has 1 aliphatic heterocycles. The molecule has 0 bridgehead atoms. The van der Waals surface area contributed by atoms with Gasteiger partial charge in [-0.2, -0.15) is 0 Å². The molecule has 4 heteroatoms. The standard InChI is InChI=1S/C16H16N2O2/c19-12-14-3-1-2-4-15(14)13-5-6-16(17-11-13)18-7-9-20-10-8-18/h1-6,11-12H,7-10H2. The molecular weight excluding hydrogens is 252 g/mol. The summed E-state index contributed by atoms with van der Waals surface area (Å²) >= 11 is 0. The Hall–Kier alpha value is -2.20. The predicted molar refractivity (Wildman–Crippen MR) is 78.1 cm³/mol. The summed E-state index contributed by atoms with van der Waals surface area (Å²) in [5, 5.41) is 0. The van der Waals surface area contributed by atoms with Crippen molar-refractivity contribution >= 4 is 12.1 Å². The minimum Gasteiger partial charge on any atom is -0.378 e. The molecule has 4 nitrogen and oxygen atoms in total. The van der Waals surface area contributed by atoms with E-state index in [2.05, 4.69) is 9.88 Å². The fourth-order valence-corrected chi connectivity index (χ4v) is 2.39. The van der Waals surface area contributed by atoms with Crippen LogP contribution in [0.1, 0.15) is 10.4 Å². The minimum atomic E-state index is 0.688. The van der Waals surface area contributed by atoms with Gasteiger partial charge in [0.2, 0.25) is 0 Å². The van der Waals surface area contributed by atoms with E-state index in [0.29, 0.717) is 5.56 Å². The van der Waals surface area contributed by atoms with Crippen LogP contribution in [0, 0.1) is 0 Å². The van der Waals surface area contributed by atoms with Gasteiger partial charge in [-0.25, -0.2) is 4.98 Å². The van der Waals surface area contributed by atoms with E-state index in [0.717, 1.165) is 49.5 Å². The van der Waals surface area contributed by atoms with Gasteiger partial charge in [-0.3, -0.25) is 4.79 Å². The van der Waals surface area contributed by atoms with Crippen LogP contribution in [0.3, 0.4) is 0 Å². The number of anilines is 1. The first-order chi connectivity index (χ1) is 9.88. The molecule has 1 fully saturated rings. The number of benzene rings is 1. The van der Waals surface area contributed by atoms with E-state index in [4.69, 9.17) is 4.74 Å². The smallest absolute Gasteiger partial charge is 0.150 e. The maximum atomic E-state index is 11.1. The second-order valence-corrected chi connectivity index (χ2v) is 4.71. The van der Waals surface area contributed by atoms with Gasteiger partial charge in [0.25, 0.3) is 0 Å². The van der Waals surface area contributed by atoms with E-state index in [1.165, 1.54) is 0 Å². The molecule has 1 aromatic heterocycles. The summed E-state index contributed by atoms with van der Waals surface area (Å²) in [7, 11) is 0. The number of rotatable bonds is 3. The zero-order valence-corrected chi connectivity index (χ0v) is 11.2. The van der Waals surface area contributed by atoms with Gasteiger partial charge in [-0.05, 0) is 17.7 Å². The van der Waals surface area contributed by atoms with E-state index in [9.17, 15) is 4.79 Å². The van der Waals surface area contributed by atoms with Gasteiger partial charge in [0.1, 0.15) is 5.82 Å². The van der Waals surface area contributed by atoms with Crippen molar-refractivity contribution in [1.82, 2.24) is 4.98 Å². The Morgan fingerprint density at radius 1 is 1.10 bits per heavy atom. The molecule has 0 amide bonds. The summed E-state index contributed by atoms with van der Waals surface area (Å²) in [5.74, 6) is 0.959. The number of carbonyl (C=O) groups is 1. The van der Waals surface area contributed by atoms with Gasteiger partial charge in [0, 0.05) is 30.4 Å². The predicted octanol–water partition coefficient (Wildman–Crippen LogP) is 2.40. The van der Waals surface area contributed by atoms with E-state index in [-0.39, 0.29) is 0 Å². The Morgan fingerprint density at radius 2 is 1.90 bits per heavy atom. The Bertz CT molecular complexity index is 590. The summed E-state index contributed by atoms with van der Waals surface area (Å²) in [6.07, 6.45) is 2.71. The zero-order chi connectivity index (χ0) is 13.8. The molecule has 2 heterocycles. The molecule has 0 unspecified atom stereocenters. The summed E-state index contributed by atoms with van der Waals surface area (Å²) in [5.41, 5.74) is 2.57. The van der Waals surface area contributed by atoms with Crippen LogP contribution < -0.4 is 4.90 Å². The zero-order valence-electron chi connectivity index (χ0n) is 11.2. The number of nitrogens with zero attached hydrogens (tertiary/aromatic N) is 2. The first kappa shape index (κ1) is 12.8. The molecule has 3 rings (SSSR count). The van der Waals surface area contributed by atoms with Crippen molar-refractivity contribution in [1.29, 1.82) is 0 Å². The third-order valence-corrected chi connectivity index (χ3v) is 3.48. The Labute approximate surface area is 118 Å². The van der Waals surface area contributed by atoms with Gasteiger partial charge in [-0.1, -0.05) is 24.3 Å². The maximum Gasteiger partial charge on any atom is 0.150 e. The van der Waals surface area contributed by atoms with E-state index in [1.807, 2.05) is 42.6 Å². The number of aromatic nitrogens is 1.